The van der Waals surface area contributed by atoms with E-state index in [0.717, 1.165) is 50.5 Å². The van der Waals surface area contributed by atoms with Crippen molar-refractivity contribution in [3.63, 3.8) is 0 Å². The molecule has 1 aliphatic heterocycles. The van der Waals surface area contributed by atoms with Gasteiger partial charge < -0.3 is 19.9 Å². The van der Waals surface area contributed by atoms with Gasteiger partial charge in [-0.2, -0.15) is 0 Å². The van der Waals surface area contributed by atoms with Crippen molar-refractivity contribution in [2.45, 2.75) is 19.8 Å². The number of nitrogens with one attached hydrogen (secondary N) is 2. The second-order valence-electron chi connectivity index (χ2n) is 7.14. The van der Waals surface area contributed by atoms with Gasteiger partial charge in [0, 0.05) is 5.69 Å². The Kier molecular flexibility index (Phi) is 7.25. The van der Waals surface area contributed by atoms with Crippen LogP contribution in [0.5, 0.6) is 5.75 Å². The number of unbranched alkanes of at least 4 members (excludes halogenated alkanes) is 1. The van der Waals surface area contributed by atoms with E-state index in [0.29, 0.717) is 18.8 Å². The molecule has 0 bridgehead atoms. The highest BCUT2D eigenvalue weighted by atomic mass is 19.1. The van der Waals surface area contributed by atoms with E-state index in [1.54, 1.807) is 6.07 Å². The highest BCUT2D eigenvalue weighted by Crippen LogP contribution is 2.18. The number of benzene rings is 2. The predicted octanol–water partition coefficient (Wildman–Crippen LogP) is 2.35. The topological polar surface area (TPSA) is 46.0 Å². The third-order valence-corrected chi connectivity index (χ3v) is 4.98. The second kappa shape index (κ2) is 10.1. The van der Waals surface area contributed by atoms with Gasteiger partial charge in [-0.25, -0.2) is 4.39 Å². The highest BCUT2D eigenvalue weighted by molar-refractivity contribution is 5.91. The summed E-state index contributed by atoms with van der Waals surface area (Å²) >= 11 is 0. The molecule has 2 N–H and O–H groups in total. The lowest BCUT2D eigenvalue weighted by atomic mass is 10.2. The molecule has 1 aliphatic rings. The van der Waals surface area contributed by atoms with Gasteiger partial charge in [0.15, 0.2) is 6.54 Å². The van der Waals surface area contributed by atoms with Gasteiger partial charge in [0.25, 0.3) is 5.91 Å². The Morgan fingerprint density at radius 2 is 1.86 bits per heavy atom. The van der Waals surface area contributed by atoms with E-state index < -0.39 is 0 Å². The molecule has 0 atom stereocenters. The number of quaternary nitrogens is 1. The molecule has 0 aromatic heterocycles. The van der Waals surface area contributed by atoms with E-state index in [4.69, 9.17) is 4.74 Å². The van der Waals surface area contributed by atoms with Gasteiger partial charge in [0.1, 0.15) is 11.6 Å². The summed E-state index contributed by atoms with van der Waals surface area (Å²) in [5, 5.41) is 2.95. The van der Waals surface area contributed by atoms with Gasteiger partial charge in [-0.15, -0.1) is 0 Å². The van der Waals surface area contributed by atoms with Crippen LogP contribution in [0.4, 0.5) is 15.8 Å². The summed E-state index contributed by atoms with van der Waals surface area (Å²) in [6, 6.07) is 14.3. The molecular weight excluding hydrogens is 357 g/mol. The monoisotopic (exact) mass is 386 g/mol. The van der Waals surface area contributed by atoms with Gasteiger partial charge in [0.2, 0.25) is 0 Å². The van der Waals surface area contributed by atoms with E-state index in [2.05, 4.69) is 12.2 Å². The molecular formula is C22H29FN3O2+. The summed E-state index contributed by atoms with van der Waals surface area (Å²) in [7, 11) is 0. The standard InChI is InChI=1S/C22H28FN3O2/c1-2-3-16-28-19-10-8-18(9-11-19)24-22(27)17-25-12-14-26(15-13-25)21-7-5-4-6-20(21)23/h4-11H,2-3,12-17H2,1H3,(H,24,27)/p+1. The Morgan fingerprint density at radius 3 is 2.54 bits per heavy atom. The minimum Gasteiger partial charge on any atom is -0.494 e. The van der Waals surface area contributed by atoms with Crippen LogP contribution in [0.25, 0.3) is 0 Å². The molecule has 2 aromatic rings. The summed E-state index contributed by atoms with van der Waals surface area (Å²) in [5.74, 6) is 0.626. The molecule has 2 aromatic carbocycles. The molecule has 1 saturated heterocycles. The number of rotatable bonds is 8. The molecule has 0 spiro atoms. The lowest BCUT2D eigenvalue weighted by molar-refractivity contribution is -0.892. The van der Waals surface area contributed by atoms with E-state index in [9.17, 15) is 9.18 Å². The number of hydrogen-bond donors (Lipinski definition) is 2. The fourth-order valence-electron chi connectivity index (χ4n) is 3.35. The maximum Gasteiger partial charge on any atom is 0.279 e. The van der Waals surface area contributed by atoms with Crippen LogP contribution in [0, 0.1) is 5.82 Å². The molecule has 1 fully saturated rings. The number of anilines is 2. The SMILES string of the molecule is CCCCOc1ccc(NC(=O)C[NH+]2CCN(c3ccccc3F)CC2)cc1. The van der Waals surface area contributed by atoms with E-state index >= 15 is 0 Å². The molecule has 0 saturated carbocycles. The number of carbonyl (C=O) groups excluding carboxylic acids is 1. The lowest BCUT2D eigenvalue weighted by Gasteiger charge is -2.33. The minimum atomic E-state index is -0.189. The van der Waals surface area contributed by atoms with Crippen molar-refractivity contribution in [1.29, 1.82) is 0 Å². The number of halogens is 1. The van der Waals surface area contributed by atoms with Crippen molar-refractivity contribution in [2.24, 2.45) is 0 Å². The van der Waals surface area contributed by atoms with Crippen molar-refractivity contribution >= 4 is 17.3 Å². The molecule has 5 nitrogen and oxygen atoms in total. The third-order valence-electron chi connectivity index (χ3n) is 4.98. The molecule has 3 rings (SSSR count). The lowest BCUT2D eigenvalue weighted by Crippen LogP contribution is -3.15. The molecule has 0 radical (unpaired) electrons. The zero-order chi connectivity index (χ0) is 19.8. The van der Waals surface area contributed by atoms with Crippen molar-refractivity contribution in [2.75, 3.05) is 49.5 Å². The van der Waals surface area contributed by atoms with Crippen molar-refractivity contribution in [3.8, 4) is 5.75 Å². The number of ether oxygens (including phenoxy) is 1. The first-order valence-corrected chi connectivity index (χ1v) is 10.0. The van der Waals surface area contributed by atoms with E-state index in [1.165, 1.54) is 11.0 Å². The van der Waals surface area contributed by atoms with Crippen LogP contribution in [0.15, 0.2) is 48.5 Å². The number of piperazine rings is 1. The van der Waals surface area contributed by atoms with Crippen LogP contribution in [0.3, 0.4) is 0 Å². The Labute approximate surface area is 166 Å². The van der Waals surface area contributed by atoms with Gasteiger partial charge in [-0.1, -0.05) is 25.5 Å². The summed E-state index contributed by atoms with van der Waals surface area (Å²) < 4.78 is 19.6. The normalized spacial score (nSPS) is 14.7. The maximum absolute atomic E-state index is 13.9. The van der Waals surface area contributed by atoms with Crippen LogP contribution in [-0.4, -0.2) is 45.2 Å². The fraction of sp³-hybridized carbons (Fsp3) is 0.409. The number of para-hydroxylation sites is 1. The average molecular weight is 386 g/mol. The quantitative estimate of drug-likeness (QED) is 0.685. The fourth-order valence-corrected chi connectivity index (χ4v) is 3.35. The Balaban J connectivity index is 1.43. The zero-order valence-electron chi connectivity index (χ0n) is 16.4. The van der Waals surface area contributed by atoms with Gasteiger partial charge in [-0.05, 0) is 42.8 Å². The highest BCUT2D eigenvalue weighted by Gasteiger charge is 2.23. The van der Waals surface area contributed by atoms with E-state index in [-0.39, 0.29) is 11.7 Å². The molecule has 1 heterocycles. The van der Waals surface area contributed by atoms with Crippen LogP contribution in [-0.2, 0) is 4.79 Å². The number of amides is 1. The summed E-state index contributed by atoms with van der Waals surface area (Å²) in [6.07, 6.45) is 2.14. The summed E-state index contributed by atoms with van der Waals surface area (Å²) in [5.41, 5.74) is 1.42. The zero-order valence-corrected chi connectivity index (χ0v) is 16.4. The number of carbonyl (C=O) groups is 1. The van der Waals surface area contributed by atoms with Crippen molar-refractivity contribution < 1.29 is 18.8 Å². The van der Waals surface area contributed by atoms with Gasteiger partial charge >= 0.3 is 0 Å². The third kappa shape index (κ3) is 5.70. The maximum atomic E-state index is 13.9. The largest absolute Gasteiger partial charge is 0.494 e. The van der Waals surface area contributed by atoms with Crippen molar-refractivity contribution in [1.82, 2.24) is 0 Å². The minimum absolute atomic E-state index is 0.00556. The first kappa shape index (κ1) is 20.1. The predicted molar refractivity (Wildman–Crippen MR) is 110 cm³/mol. The molecule has 0 aliphatic carbocycles. The number of nitrogens with zero attached hydrogens (tertiary/aromatic N) is 1. The van der Waals surface area contributed by atoms with Crippen LogP contribution in [0.2, 0.25) is 0 Å². The Hall–Kier alpha value is -2.60. The van der Waals surface area contributed by atoms with Crippen molar-refractivity contribution in [3.05, 3.63) is 54.3 Å². The summed E-state index contributed by atoms with van der Waals surface area (Å²) in [4.78, 5) is 15.6. The van der Waals surface area contributed by atoms with E-state index in [1.807, 2.05) is 41.3 Å². The first-order valence-electron chi connectivity index (χ1n) is 10.0. The molecule has 0 unspecified atom stereocenters. The van der Waals surface area contributed by atoms with Gasteiger partial charge in [0.05, 0.1) is 38.5 Å². The van der Waals surface area contributed by atoms with Crippen LogP contribution in [0.1, 0.15) is 19.8 Å². The molecule has 6 heteroatoms. The first-order chi connectivity index (χ1) is 13.7. The molecule has 28 heavy (non-hydrogen) atoms. The van der Waals surface area contributed by atoms with Crippen LogP contribution >= 0.6 is 0 Å². The average Bonchev–Trinajstić information content (AvgIpc) is 2.71. The second-order valence-corrected chi connectivity index (χ2v) is 7.14. The van der Waals surface area contributed by atoms with Gasteiger partial charge in [-0.3, -0.25) is 4.79 Å². The Morgan fingerprint density at radius 1 is 1.14 bits per heavy atom. The van der Waals surface area contributed by atoms with Crippen LogP contribution < -0.4 is 19.9 Å². The number of hydrogen-bond acceptors (Lipinski definition) is 3. The smallest absolute Gasteiger partial charge is 0.279 e. The summed E-state index contributed by atoms with van der Waals surface area (Å²) in [6.45, 7) is 6.37. The Bertz CT molecular complexity index is 759. The molecule has 150 valence electrons. The molecule has 1 amide bonds.